The van der Waals surface area contributed by atoms with Crippen molar-refractivity contribution in [3.05, 3.63) is 11.6 Å². The van der Waals surface area contributed by atoms with E-state index in [1.165, 1.54) is 32.8 Å². The van der Waals surface area contributed by atoms with Gasteiger partial charge in [0.15, 0.2) is 0 Å². The number of allylic oxidation sites excluding steroid dienone is 1. The number of ether oxygens (including phenoxy) is 3. The van der Waals surface area contributed by atoms with Gasteiger partial charge in [0.05, 0.1) is 0 Å². The number of nitrogens with one attached hydrogen (secondary N) is 1. The van der Waals surface area contributed by atoms with Gasteiger partial charge >= 0.3 is 17.9 Å². The highest BCUT2D eigenvalue weighted by atomic mass is 16.6. The minimum absolute atomic E-state index is 0.00293. The Morgan fingerprint density at radius 2 is 1.60 bits per heavy atom. The Morgan fingerprint density at radius 3 is 2.27 bits per heavy atom. The fourth-order valence-electron chi connectivity index (χ4n) is 10.4. The minimum Gasteiger partial charge on any atom is -0.462 e. The molecule has 0 amide bonds. The molecule has 3 saturated carbocycles. The largest absolute Gasteiger partial charge is 0.462 e. The second kappa shape index (κ2) is 11.1. The van der Waals surface area contributed by atoms with Crippen LogP contribution < -0.4 is 5.32 Å². The number of carbonyl (C=O) groups is 3. The molecule has 0 unspecified atom stereocenters. The summed E-state index contributed by atoms with van der Waals surface area (Å²) in [6, 6.07) is 0.0448. The molecule has 0 aromatic rings. The number of hydrogen-bond acceptors (Lipinski definition) is 7. The molecule has 5 rings (SSSR count). The number of hydrogen-bond donors (Lipinski definition) is 1. The molecule has 12 atom stereocenters. The molecule has 0 spiro atoms. The molecule has 7 nitrogen and oxygen atoms in total. The molecule has 40 heavy (non-hydrogen) atoms. The first-order valence-corrected chi connectivity index (χ1v) is 15.8. The summed E-state index contributed by atoms with van der Waals surface area (Å²) in [5, 5.41) is 3.74. The van der Waals surface area contributed by atoms with E-state index in [0.29, 0.717) is 23.7 Å². The number of esters is 3. The van der Waals surface area contributed by atoms with E-state index in [9.17, 15) is 14.4 Å². The van der Waals surface area contributed by atoms with Crippen LogP contribution >= 0.6 is 0 Å². The van der Waals surface area contributed by atoms with E-state index in [0.717, 1.165) is 51.5 Å². The average molecular weight is 558 g/mol. The summed E-state index contributed by atoms with van der Waals surface area (Å²) in [5.41, 5.74) is 1.67. The molecule has 7 heteroatoms. The lowest BCUT2D eigenvalue weighted by molar-refractivity contribution is -0.156. The quantitative estimate of drug-likeness (QED) is 0.267. The molecule has 0 aromatic heterocycles. The maximum absolute atomic E-state index is 12.4. The van der Waals surface area contributed by atoms with E-state index in [-0.39, 0.29) is 64.9 Å². The van der Waals surface area contributed by atoms with Crippen molar-refractivity contribution in [3.8, 4) is 0 Å². The third kappa shape index (κ3) is 5.25. The lowest BCUT2D eigenvalue weighted by Crippen LogP contribution is -2.57. The van der Waals surface area contributed by atoms with Gasteiger partial charge in [0.2, 0.25) is 0 Å². The highest BCUT2D eigenvalue weighted by Crippen LogP contribution is 2.68. The topological polar surface area (TPSA) is 90.9 Å². The minimum atomic E-state index is -0.230. The Hall–Kier alpha value is -1.89. The SMILES string of the molecule is CC(=O)O[C@H]1CC[C@@]2(C)C(=CC[C@H]3[C@@H]4C[C@H](OC(C)=O)[C@H]([C@H](C)[C@@H]5NC[C@H](C)C[C@@H]5OC(C)=O)[C@@]4(C)CC[C@@H]32)C1. The van der Waals surface area contributed by atoms with Crippen LogP contribution in [0.2, 0.25) is 0 Å². The van der Waals surface area contributed by atoms with Crippen molar-refractivity contribution in [2.45, 2.75) is 124 Å². The van der Waals surface area contributed by atoms with Crippen LogP contribution in [0.5, 0.6) is 0 Å². The summed E-state index contributed by atoms with van der Waals surface area (Å²) in [6.07, 6.45) is 10.1. The van der Waals surface area contributed by atoms with Crippen LogP contribution in [0.15, 0.2) is 11.6 Å². The highest BCUT2D eigenvalue weighted by molar-refractivity contribution is 5.67. The number of rotatable bonds is 5. The standard InChI is InChI=1S/C33H51NO6/c1-18-14-29(40-22(5)37)31(34-17-18)19(2)30-28(39-21(4)36)16-27-25-9-8-23-15-24(38-20(3)35)10-12-32(23,6)26(25)11-13-33(27,30)7/h8,18-19,24-31,34H,9-17H2,1-7H3/t18-,19+,24+,25-,26+,27+,28+,29+,30+,31+,32+,33+/m1/s1. The smallest absolute Gasteiger partial charge is 0.302 e. The van der Waals surface area contributed by atoms with Crippen LogP contribution in [0.3, 0.4) is 0 Å². The van der Waals surface area contributed by atoms with Gasteiger partial charge in [0.25, 0.3) is 0 Å². The van der Waals surface area contributed by atoms with Gasteiger partial charge in [-0.05, 0) is 91.9 Å². The van der Waals surface area contributed by atoms with Crippen molar-refractivity contribution in [1.82, 2.24) is 5.32 Å². The molecule has 224 valence electrons. The van der Waals surface area contributed by atoms with Gasteiger partial charge in [-0.1, -0.05) is 39.3 Å². The number of carbonyl (C=O) groups excluding carboxylic acids is 3. The Balaban J connectivity index is 1.43. The van der Waals surface area contributed by atoms with Crippen LogP contribution in [0.1, 0.15) is 99.8 Å². The average Bonchev–Trinajstić information content (AvgIpc) is 3.14. The van der Waals surface area contributed by atoms with Crippen molar-refractivity contribution in [1.29, 1.82) is 0 Å². The molecule has 1 N–H and O–H groups in total. The maximum Gasteiger partial charge on any atom is 0.302 e. The maximum atomic E-state index is 12.4. The van der Waals surface area contributed by atoms with Gasteiger partial charge in [-0.3, -0.25) is 14.4 Å². The van der Waals surface area contributed by atoms with E-state index in [4.69, 9.17) is 14.2 Å². The predicted molar refractivity (Wildman–Crippen MR) is 152 cm³/mol. The molecule has 4 aliphatic carbocycles. The molecule has 0 radical (unpaired) electrons. The van der Waals surface area contributed by atoms with E-state index in [1.54, 1.807) is 0 Å². The van der Waals surface area contributed by atoms with Crippen molar-refractivity contribution in [2.75, 3.05) is 6.54 Å². The molecule has 0 aromatic carbocycles. The number of piperidine rings is 1. The zero-order valence-corrected chi connectivity index (χ0v) is 25.7. The molecule has 0 bridgehead atoms. The van der Waals surface area contributed by atoms with Gasteiger partial charge in [-0.25, -0.2) is 0 Å². The normalized spacial score (nSPS) is 45.2. The van der Waals surface area contributed by atoms with Crippen molar-refractivity contribution in [2.24, 2.45) is 46.3 Å². The second-order valence-corrected chi connectivity index (χ2v) is 14.5. The Morgan fingerprint density at radius 1 is 0.925 bits per heavy atom. The van der Waals surface area contributed by atoms with Crippen LogP contribution in [-0.4, -0.2) is 48.8 Å². The summed E-state index contributed by atoms with van der Waals surface area (Å²) in [4.78, 5) is 36.0. The first-order chi connectivity index (χ1) is 18.8. The highest BCUT2D eigenvalue weighted by Gasteiger charge is 2.63. The van der Waals surface area contributed by atoms with Crippen molar-refractivity contribution in [3.63, 3.8) is 0 Å². The van der Waals surface area contributed by atoms with Crippen LogP contribution in [0, 0.1) is 46.3 Å². The Kier molecular flexibility index (Phi) is 8.19. The first kappa shape index (κ1) is 29.6. The van der Waals surface area contributed by atoms with E-state index in [2.05, 4.69) is 39.1 Å². The predicted octanol–water partition coefficient (Wildman–Crippen LogP) is 5.60. The Labute approximate surface area is 240 Å². The van der Waals surface area contributed by atoms with Crippen LogP contribution in [0.25, 0.3) is 0 Å². The van der Waals surface area contributed by atoms with E-state index in [1.807, 2.05) is 0 Å². The second-order valence-electron chi connectivity index (χ2n) is 14.5. The summed E-state index contributed by atoms with van der Waals surface area (Å²) in [6.45, 7) is 14.9. The zero-order valence-electron chi connectivity index (χ0n) is 25.7. The third-order valence-electron chi connectivity index (χ3n) is 12.0. The van der Waals surface area contributed by atoms with E-state index < -0.39 is 0 Å². The molecule has 1 aliphatic heterocycles. The molecular formula is C33H51NO6. The van der Waals surface area contributed by atoms with Crippen LogP contribution in [0.4, 0.5) is 0 Å². The van der Waals surface area contributed by atoms with Crippen molar-refractivity contribution >= 4 is 17.9 Å². The fraction of sp³-hybridized carbons (Fsp3) is 0.848. The van der Waals surface area contributed by atoms with Gasteiger partial charge in [-0.2, -0.15) is 0 Å². The zero-order chi connectivity index (χ0) is 29.0. The number of fused-ring (bicyclic) bond motifs is 5. The summed E-state index contributed by atoms with van der Waals surface area (Å²) < 4.78 is 17.7. The van der Waals surface area contributed by atoms with Gasteiger partial charge in [0.1, 0.15) is 18.3 Å². The van der Waals surface area contributed by atoms with Gasteiger partial charge in [-0.15, -0.1) is 0 Å². The van der Waals surface area contributed by atoms with Gasteiger partial charge < -0.3 is 19.5 Å². The van der Waals surface area contributed by atoms with Crippen LogP contribution in [-0.2, 0) is 28.6 Å². The summed E-state index contributed by atoms with van der Waals surface area (Å²) >= 11 is 0. The lowest BCUT2D eigenvalue weighted by atomic mass is 9.46. The third-order valence-corrected chi connectivity index (χ3v) is 12.0. The summed E-state index contributed by atoms with van der Waals surface area (Å²) in [5.74, 6) is 1.84. The molecule has 4 fully saturated rings. The molecule has 1 saturated heterocycles. The van der Waals surface area contributed by atoms with E-state index >= 15 is 0 Å². The summed E-state index contributed by atoms with van der Waals surface area (Å²) in [7, 11) is 0. The lowest BCUT2D eigenvalue weighted by Gasteiger charge is -2.58. The molecule has 5 aliphatic rings. The molecular weight excluding hydrogens is 506 g/mol. The van der Waals surface area contributed by atoms with Crippen molar-refractivity contribution < 1.29 is 28.6 Å². The monoisotopic (exact) mass is 557 g/mol. The molecule has 1 heterocycles. The fourth-order valence-corrected chi connectivity index (χ4v) is 10.4. The van der Waals surface area contributed by atoms with Gasteiger partial charge in [0, 0.05) is 39.2 Å². The first-order valence-electron chi connectivity index (χ1n) is 15.8. The Bertz CT molecular complexity index is 1040.